The standard InChI is InChI=1S/C18H19NO6S2/c1-23-18(20)12-19(13-3-8-16-17(11-13)25-10-9-24-16)27(21,22)15-6-4-14(26-2)5-7-15/h3-8,11H,9-10,12H2,1-2H3. The van der Waals surface area contributed by atoms with Gasteiger partial charge in [-0.25, -0.2) is 8.42 Å². The van der Waals surface area contributed by atoms with Gasteiger partial charge in [-0.1, -0.05) is 0 Å². The van der Waals surface area contributed by atoms with Crippen molar-refractivity contribution in [3.63, 3.8) is 0 Å². The number of hydrogen-bond acceptors (Lipinski definition) is 7. The van der Waals surface area contributed by atoms with Crippen molar-refractivity contribution >= 4 is 33.4 Å². The summed E-state index contributed by atoms with van der Waals surface area (Å²) in [6.45, 7) is 0.345. The summed E-state index contributed by atoms with van der Waals surface area (Å²) in [6.07, 6.45) is 1.91. The Hall–Kier alpha value is -2.39. The minimum atomic E-state index is -3.98. The summed E-state index contributed by atoms with van der Waals surface area (Å²) in [5.74, 6) is 0.292. The van der Waals surface area contributed by atoms with Crippen LogP contribution >= 0.6 is 11.8 Å². The number of methoxy groups -OCH3 is 1. The number of esters is 1. The summed E-state index contributed by atoms with van der Waals surface area (Å²) >= 11 is 1.51. The van der Waals surface area contributed by atoms with Gasteiger partial charge in [0.2, 0.25) is 0 Å². The maximum atomic E-state index is 13.2. The molecule has 0 aromatic heterocycles. The Morgan fingerprint density at radius 2 is 1.78 bits per heavy atom. The number of nitrogens with zero attached hydrogens (tertiary/aromatic N) is 1. The SMILES string of the molecule is COC(=O)CN(c1ccc2c(c1)OCCO2)S(=O)(=O)c1ccc(SC)cc1. The third-order valence-corrected chi connectivity index (χ3v) is 6.49. The largest absolute Gasteiger partial charge is 0.486 e. The highest BCUT2D eigenvalue weighted by atomic mass is 32.2. The number of benzene rings is 2. The average Bonchev–Trinajstić information content (AvgIpc) is 2.71. The minimum absolute atomic E-state index is 0.0825. The van der Waals surface area contributed by atoms with Gasteiger partial charge >= 0.3 is 5.97 Å². The molecule has 0 bridgehead atoms. The highest BCUT2D eigenvalue weighted by molar-refractivity contribution is 7.98. The van der Waals surface area contributed by atoms with Crippen molar-refractivity contribution < 1.29 is 27.4 Å². The Kier molecular flexibility index (Phi) is 5.81. The molecule has 0 aliphatic carbocycles. The first-order chi connectivity index (χ1) is 13.0. The zero-order valence-electron chi connectivity index (χ0n) is 14.9. The first-order valence-corrected chi connectivity index (χ1v) is 10.8. The third kappa shape index (κ3) is 4.14. The van der Waals surface area contributed by atoms with Crippen LogP contribution in [-0.4, -0.2) is 47.5 Å². The number of carbonyl (C=O) groups excluding carboxylic acids is 1. The highest BCUT2D eigenvalue weighted by Gasteiger charge is 2.29. The fourth-order valence-electron chi connectivity index (χ4n) is 2.56. The predicted octanol–water partition coefficient (Wildman–Crippen LogP) is 2.55. The molecule has 0 unspecified atom stereocenters. The van der Waals surface area contributed by atoms with Gasteiger partial charge in [0, 0.05) is 11.0 Å². The second-order valence-corrected chi connectivity index (χ2v) is 8.33. The molecule has 1 heterocycles. The third-order valence-electron chi connectivity index (χ3n) is 3.96. The van der Waals surface area contributed by atoms with Gasteiger partial charge in [-0.2, -0.15) is 0 Å². The fourth-order valence-corrected chi connectivity index (χ4v) is 4.37. The Balaban J connectivity index is 2.03. The van der Waals surface area contributed by atoms with Crippen molar-refractivity contribution in [3.8, 4) is 11.5 Å². The van der Waals surface area contributed by atoms with Crippen LogP contribution in [0.4, 0.5) is 5.69 Å². The van der Waals surface area contributed by atoms with Crippen molar-refractivity contribution in [2.45, 2.75) is 9.79 Å². The minimum Gasteiger partial charge on any atom is -0.486 e. The first kappa shape index (κ1) is 19.4. The van der Waals surface area contributed by atoms with Gasteiger partial charge in [0.05, 0.1) is 17.7 Å². The molecule has 2 aromatic carbocycles. The maximum absolute atomic E-state index is 13.2. The molecule has 0 amide bonds. The number of hydrogen-bond donors (Lipinski definition) is 0. The molecular weight excluding hydrogens is 390 g/mol. The molecule has 0 atom stereocenters. The number of sulfonamides is 1. The lowest BCUT2D eigenvalue weighted by atomic mass is 10.2. The number of rotatable bonds is 6. The van der Waals surface area contributed by atoms with E-state index in [1.807, 2.05) is 6.26 Å². The molecule has 0 spiro atoms. The lowest BCUT2D eigenvalue weighted by Gasteiger charge is -2.25. The highest BCUT2D eigenvalue weighted by Crippen LogP contribution is 2.35. The summed E-state index contributed by atoms with van der Waals surface area (Å²) in [4.78, 5) is 12.9. The van der Waals surface area contributed by atoms with Crippen molar-refractivity contribution in [1.29, 1.82) is 0 Å². The Morgan fingerprint density at radius 1 is 1.11 bits per heavy atom. The zero-order chi connectivity index (χ0) is 19.4. The number of thioether (sulfide) groups is 1. The van der Waals surface area contributed by atoms with E-state index >= 15 is 0 Å². The molecule has 0 fully saturated rings. The summed E-state index contributed by atoms with van der Waals surface area (Å²) in [5, 5.41) is 0. The second-order valence-electron chi connectivity index (χ2n) is 5.59. The normalized spacial score (nSPS) is 13.1. The number of fused-ring (bicyclic) bond motifs is 1. The van der Waals surface area contributed by atoms with E-state index in [1.54, 1.807) is 30.3 Å². The van der Waals surface area contributed by atoms with E-state index < -0.39 is 22.5 Å². The molecule has 3 rings (SSSR count). The Morgan fingerprint density at radius 3 is 2.41 bits per heavy atom. The summed E-state index contributed by atoms with van der Waals surface area (Å²) in [5.41, 5.74) is 0.290. The predicted molar refractivity (Wildman–Crippen MR) is 102 cm³/mol. The molecule has 1 aliphatic heterocycles. The van der Waals surface area contributed by atoms with Crippen molar-refractivity contribution in [2.75, 3.05) is 37.4 Å². The summed E-state index contributed by atoms with van der Waals surface area (Å²) < 4.78 is 43.1. The quantitative estimate of drug-likeness (QED) is 0.536. The smallest absolute Gasteiger partial charge is 0.326 e. The van der Waals surface area contributed by atoms with E-state index in [-0.39, 0.29) is 4.90 Å². The monoisotopic (exact) mass is 409 g/mol. The van der Waals surface area contributed by atoms with E-state index in [0.29, 0.717) is 30.4 Å². The molecule has 7 nitrogen and oxygen atoms in total. The van der Waals surface area contributed by atoms with Gasteiger partial charge in [0.15, 0.2) is 11.5 Å². The second kappa shape index (κ2) is 8.10. The molecule has 0 saturated heterocycles. The maximum Gasteiger partial charge on any atom is 0.326 e. The van der Waals surface area contributed by atoms with E-state index in [0.717, 1.165) is 9.20 Å². The number of anilines is 1. The van der Waals surface area contributed by atoms with Crippen molar-refractivity contribution in [2.24, 2.45) is 0 Å². The summed E-state index contributed by atoms with van der Waals surface area (Å²) in [7, 11) is -2.77. The molecule has 9 heteroatoms. The molecule has 0 saturated carbocycles. The van der Waals surface area contributed by atoms with E-state index in [4.69, 9.17) is 9.47 Å². The van der Waals surface area contributed by atoms with Crippen molar-refractivity contribution in [1.82, 2.24) is 0 Å². The zero-order valence-corrected chi connectivity index (χ0v) is 16.5. The van der Waals surface area contributed by atoms with E-state index in [9.17, 15) is 13.2 Å². The Labute approximate surface area is 162 Å². The Bertz CT molecular complexity index is 927. The van der Waals surface area contributed by atoms with E-state index in [2.05, 4.69) is 4.74 Å². The lowest BCUT2D eigenvalue weighted by Crippen LogP contribution is -2.36. The molecule has 1 aliphatic rings. The number of carbonyl (C=O) groups is 1. The van der Waals surface area contributed by atoms with Crippen molar-refractivity contribution in [3.05, 3.63) is 42.5 Å². The molecule has 2 aromatic rings. The van der Waals surface area contributed by atoms with Crippen LogP contribution in [0.2, 0.25) is 0 Å². The van der Waals surface area contributed by atoms with Crippen LogP contribution in [0.15, 0.2) is 52.3 Å². The van der Waals surface area contributed by atoms with Gasteiger partial charge in [0.25, 0.3) is 10.0 Å². The van der Waals surface area contributed by atoms with Gasteiger partial charge in [-0.15, -0.1) is 11.8 Å². The topological polar surface area (TPSA) is 82.1 Å². The van der Waals surface area contributed by atoms with Crippen LogP contribution in [0.3, 0.4) is 0 Å². The van der Waals surface area contributed by atoms with Gasteiger partial charge in [-0.3, -0.25) is 9.10 Å². The van der Waals surface area contributed by atoms with E-state index in [1.165, 1.54) is 31.0 Å². The molecular formula is C18H19NO6S2. The van der Waals surface area contributed by atoms with Gasteiger partial charge in [0.1, 0.15) is 19.8 Å². The van der Waals surface area contributed by atoms with Crippen LogP contribution < -0.4 is 13.8 Å². The first-order valence-electron chi connectivity index (χ1n) is 8.09. The van der Waals surface area contributed by atoms with Crippen LogP contribution in [0.5, 0.6) is 11.5 Å². The van der Waals surface area contributed by atoms with Gasteiger partial charge < -0.3 is 14.2 Å². The van der Waals surface area contributed by atoms with Crippen LogP contribution in [0.1, 0.15) is 0 Å². The molecule has 144 valence electrons. The molecule has 27 heavy (non-hydrogen) atoms. The van der Waals surface area contributed by atoms with Crippen LogP contribution in [0.25, 0.3) is 0 Å². The number of ether oxygens (including phenoxy) is 3. The fraction of sp³-hybridized carbons (Fsp3) is 0.278. The average molecular weight is 409 g/mol. The van der Waals surface area contributed by atoms with Crippen LogP contribution in [-0.2, 0) is 19.6 Å². The summed E-state index contributed by atoms with van der Waals surface area (Å²) in [6, 6.07) is 11.2. The lowest BCUT2D eigenvalue weighted by molar-refractivity contribution is -0.138. The van der Waals surface area contributed by atoms with Gasteiger partial charge in [-0.05, 0) is 42.7 Å². The molecule has 0 radical (unpaired) electrons. The van der Waals surface area contributed by atoms with Crippen LogP contribution in [0, 0.1) is 0 Å². The molecule has 0 N–H and O–H groups in total.